The Morgan fingerprint density at radius 1 is 1.11 bits per heavy atom. The summed E-state index contributed by atoms with van der Waals surface area (Å²) in [6.07, 6.45) is 1.53. The zero-order valence-electron chi connectivity index (χ0n) is 15.1. The Bertz CT molecular complexity index is 1020. The van der Waals surface area contributed by atoms with E-state index in [1.165, 1.54) is 13.2 Å². The Morgan fingerprint density at radius 3 is 2.67 bits per heavy atom. The summed E-state index contributed by atoms with van der Waals surface area (Å²) in [6.45, 7) is 2.94. The van der Waals surface area contributed by atoms with Gasteiger partial charge in [0.1, 0.15) is 5.58 Å². The van der Waals surface area contributed by atoms with E-state index >= 15 is 0 Å². The summed E-state index contributed by atoms with van der Waals surface area (Å²) in [5.74, 6) is -1.21. The number of rotatable bonds is 6. The van der Waals surface area contributed by atoms with Crippen LogP contribution in [0, 0.1) is 6.92 Å². The normalized spacial score (nSPS) is 10.6. The van der Waals surface area contributed by atoms with Crippen molar-refractivity contribution in [1.29, 1.82) is 0 Å². The number of amides is 1. The van der Waals surface area contributed by atoms with Crippen molar-refractivity contribution < 1.29 is 23.5 Å². The number of nitrogens with one attached hydrogen (secondary N) is 1. The molecule has 1 amide bonds. The molecule has 0 atom stereocenters. The van der Waals surface area contributed by atoms with E-state index in [2.05, 4.69) is 5.32 Å². The van der Waals surface area contributed by atoms with Gasteiger partial charge in [0.05, 0.1) is 18.4 Å². The van der Waals surface area contributed by atoms with Crippen LogP contribution in [0.3, 0.4) is 0 Å². The van der Waals surface area contributed by atoms with Gasteiger partial charge in [-0.1, -0.05) is 24.3 Å². The Balaban J connectivity index is 1.57. The van der Waals surface area contributed by atoms with Crippen LogP contribution in [0.25, 0.3) is 11.0 Å². The molecular weight excluding hydrogens is 346 g/mol. The lowest BCUT2D eigenvalue weighted by molar-refractivity contribution is -0.146. The second kappa shape index (κ2) is 7.86. The lowest BCUT2D eigenvalue weighted by Gasteiger charge is -2.09. The molecule has 0 fully saturated rings. The first kappa shape index (κ1) is 18.4. The van der Waals surface area contributed by atoms with E-state index < -0.39 is 18.5 Å². The van der Waals surface area contributed by atoms with E-state index in [0.29, 0.717) is 22.4 Å². The zero-order chi connectivity index (χ0) is 19.4. The SMILES string of the molecule is CC(=O)c1ccccc1NC(=O)COC(=O)Cc1coc2cc(C)ccc12. The number of ether oxygens (including phenoxy) is 1. The molecule has 0 aliphatic rings. The number of ketones is 1. The molecule has 0 aliphatic heterocycles. The van der Waals surface area contributed by atoms with E-state index in [1.54, 1.807) is 24.3 Å². The largest absolute Gasteiger partial charge is 0.464 e. The van der Waals surface area contributed by atoms with Gasteiger partial charge in [-0.25, -0.2) is 0 Å². The third-order valence-electron chi connectivity index (χ3n) is 4.09. The molecule has 0 unspecified atom stereocenters. The van der Waals surface area contributed by atoms with Gasteiger partial charge in [0, 0.05) is 16.5 Å². The molecule has 0 saturated carbocycles. The van der Waals surface area contributed by atoms with Crippen molar-refractivity contribution in [3.05, 3.63) is 65.4 Å². The number of hydrogen-bond donors (Lipinski definition) is 1. The van der Waals surface area contributed by atoms with Crippen LogP contribution < -0.4 is 5.32 Å². The van der Waals surface area contributed by atoms with Crippen LogP contribution in [0.4, 0.5) is 5.69 Å². The van der Waals surface area contributed by atoms with Crippen molar-refractivity contribution in [2.24, 2.45) is 0 Å². The lowest BCUT2D eigenvalue weighted by atomic mass is 10.1. The van der Waals surface area contributed by atoms with Gasteiger partial charge in [0.15, 0.2) is 12.4 Å². The molecule has 0 aliphatic carbocycles. The highest BCUT2D eigenvalue weighted by molar-refractivity contribution is 6.04. The van der Waals surface area contributed by atoms with Gasteiger partial charge in [-0.3, -0.25) is 14.4 Å². The van der Waals surface area contributed by atoms with Crippen LogP contribution >= 0.6 is 0 Å². The fourth-order valence-corrected chi connectivity index (χ4v) is 2.77. The van der Waals surface area contributed by atoms with Crippen molar-refractivity contribution in [2.75, 3.05) is 11.9 Å². The van der Waals surface area contributed by atoms with Crippen LogP contribution in [-0.4, -0.2) is 24.3 Å². The van der Waals surface area contributed by atoms with Crippen LogP contribution in [0.5, 0.6) is 0 Å². The summed E-state index contributed by atoms with van der Waals surface area (Å²) in [7, 11) is 0. The number of aryl methyl sites for hydroxylation is 1. The minimum atomic E-state index is -0.534. The molecule has 0 bridgehead atoms. The Hall–Kier alpha value is -3.41. The zero-order valence-corrected chi connectivity index (χ0v) is 15.1. The van der Waals surface area contributed by atoms with E-state index in [1.807, 2.05) is 25.1 Å². The highest BCUT2D eigenvalue weighted by Crippen LogP contribution is 2.23. The number of esters is 1. The Morgan fingerprint density at radius 2 is 1.89 bits per heavy atom. The lowest BCUT2D eigenvalue weighted by Crippen LogP contribution is -2.22. The third kappa shape index (κ3) is 4.41. The van der Waals surface area contributed by atoms with Crippen molar-refractivity contribution in [2.45, 2.75) is 20.3 Å². The minimum Gasteiger partial charge on any atom is -0.464 e. The summed E-state index contributed by atoms with van der Waals surface area (Å²) < 4.78 is 10.5. The minimum absolute atomic E-state index is 0.00732. The number of hydrogen-bond acceptors (Lipinski definition) is 5. The van der Waals surface area contributed by atoms with Crippen LogP contribution in [0.1, 0.15) is 28.4 Å². The number of fused-ring (bicyclic) bond motifs is 1. The second-order valence-corrected chi connectivity index (χ2v) is 6.25. The monoisotopic (exact) mass is 365 g/mol. The third-order valence-corrected chi connectivity index (χ3v) is 4.09. The average molecular weight is 365 g/mol. The molecule has 1 aromatic heterocycles. The molecule has 27 heavy (non-hydrogen) atoms. The molecule has 1 N–H and O–H groups in total. The molecule has 0 spiro atoms. The van der Waals surface area contributed by atoms with Gasteiger partial charge in [-0.2, -0.15) is 0 Å². The molecule has 3 rings (SSSR count). The summed E-state index contributed by atoms with van der Waals surface area (Å²) in [5, 5.41) is 3.43. The van der Waals surface area contributed by atoms with Crippen molar-refractivity contribution in [3.8, 4) is 0 Å². The fraction of sp³-hybridized carbons (Fsp3) is 0.190. The van der Waals surface area contributed by atoms with Gasteiger partial charge in [-0.05, 0) is 37.6 Å². The summed E-state index contributed by atoms with van der Waals surface area (Å²) in [5.41, 5.74) is 3.27. The van der Waals surface area contributed by atoms with Crippen LogP contribution in [0.2, 0.25) is 0 Å². The van der Waals surface area contributed by atoms with Crippen LogP contribution in [-0.2, 0) is 20.7 Å². The van der Waals surface area contributed by atoms with Gasteiger partial charge < -0.3 is 14.5 Å². The van der Waals surface area contributed by atoms with Crippen LogP contribution in [0.15, 0.2) is 53.1 Å². The van der Waals surface area contributed by atoms with E-state index in [-0.39, 0.29) is 12.2 Å². The molecule has 0 radical (unpaired) electrons. The van der Waals surface area contributed by atoms with Crippen molar-refractivity contribution in [1.82, 2.24) is 0 Å². The Labute approximate surface area is 156 Å². The molecule has 6 nitrogen and oxygen atoms in total. The number of Topliss-reactive ketones (excluding diaryl/α,β-unsaturated/α-hetero) is 1. The maximum atomic E-state index is 12.1. The maximum Gasteiger partial charge on any atom is 0.310 e. The Kier molecular flexibility index (Phi) is 5.35. The number of carbonyl (C=O) groups is 3. The maximum absolute atomic E-state index is 12.1. The predicted octanol–water partition coefficient (Wildman–Crippen LogP) is 3.67. The van der Waals surface area contributed by atoms with E-state index in [9.17, 15) is 14.4 Å². The average Bonchev–Trinajstić information content (AvgIpc) is 3.02. The number of furan rings is 1. The first-order chi connectivity index (χ1) is 12.9. The van der Waals surface area contributed by atoms with Gasteiger partial charge in [0.2, 0.25) is 0 Å². The quantitative estimate of drug-likeness (QED) is 0.532. The van der Waals surface area contributed by atoms with E-state index in [4.69, 9.17) is 9.15 Å². The smallest absolute Gasteiger partial charge is 0.310 e. The highest BCUT2D eigenvalue weighted by atomic mass is 16.5. The number of carbonyl (C=O) groups excluding carboxylic acids is 3. The van der Waals surface area contributed by atoms with Gasteiger partial charge >= 0.3 is 5.97 Å². The first-order valence-corrected chi connectivity index (χ1v) is 8.46. The summed E-state index contributed by atoms with van der Waals surface area (Å²) >= 11 is 0. The standard InChI is InChI=1S/C21H19NO5/c1-13-7-8-17-15(11-26-19(17)9-13)10-21(25)27-12-20(24)22-18-6-4-3-5-16(18)14(2)23/h3-9,11H,10,12H2,1-2H3,(H,22,24). The summed E-state index contributed by atoms with van der Waals surface area (Å²) in [4.78, 5) is 35.7. The number of benzene rings is 2. The van der Waals surface area contributed by atoms with Gasteiger partial charge in [0.25, 0.3) is 5.91 Å². The molecule has 3 aromatic rings. The first-order valence-electron chi connectivity index (χ1n) is 8.46. The summed E-state index contributed by atoms with van der Waals surface area (Å²) in [6, 6.07) is 12.4. The van der Waals surface area contributed by atoms with Crippen molar-refractivity contribution in [3.63, 3.8) is 0 Å². The molecule has 2 aromatic carbocycles. The second-order valence-electron chi connectivity index (χ2n) is 6.25. The highest BCUT2D eigenvalue weighted by Gasteiger charge is 2.14. The fourth-order valence-electron chi connectivity index (χ4n) is 2.77. The van der Waals surface area contributed by atoms with E-state index in [0.717, 1.165) is 10.9 Å². The van der Waals surface area contributed by atoms with Crippen molar-refractivity contribution >= 4 is 34.3 Å². The predicted molar refractivity (Wildman–Crippen MR) is 101 cm³/mol. The number of para-hydroxylation sites is 1. The molecule has 6 heteroatoms. The molecule has 1 heterocycles. The number of anilines is 1. The molecule has 138 valence electrons. The van der Waals surface area contributed by atoms with Gasteiger partial charge in [-0.15, -0.1) is 0 Å². The molecular formula is C21H19NO5. The topological polar surface area (TPSA) is 85.6 Å². The molecule has 0 saturated heterocycles.